The summed E-state index contributed by atoms with van der Waals surface area (Å²) < 4.78 is 0. The molecule has 5 heteroatoms. The third kappa shape index (κ3) is 4.28. The van der Waals surface area contributed by atoms with Crippen LogP contribution in [0.4, 0.5) is 10.5 Å². The highest BCUT2D eigenvalue weighted by Crippen LogP contribution is 2.24. The molecule has 0 atom stereocenters. The highest BCUT2D eigenvalue weighted by atomic mass is 32.2. The number of thioether (sulfide) groups is 1. The summed E-state index contributed by atoms with van der Waals surface area (Å²) in [5.41, 5.74) is 0.143. The summed E-state index contributed by atoms with van der Waals surface area (Å²) in [7, 11) is 0. The van der Waals surface area contributed by atoms with Crippen LogP contribution in [-0.4, -0.2) is 29.5 Å². The van der Waals surface area contributed by atoms with Crippen molar-refractivity contribution in [2.24, 2.45) is 0 Å². The molecule has 0 aromatic heterocycles. The number of nitrogens with one attached hydrogen (secondary N) is 2. The highest BCUT2D eigenvalue weighted by molar-refractivity contribution is 7.98. The van der Waals surface area contributed by atoms with Gasteiger partial charge in [-0.2, -0.15) is 0 Å². The fourth-order valence-corrected chi connectivity index (χ4v) is 1.80. The maximum absolute atomic E-state index is 11.7. The molecule has 0 spiro atoms. The predicted molar refractivity (Wildman–Crippen MR) is 71.5 cm³/mol. The molecule has 3 N–H and O–H groups in total. The molecule has 0 saturated carbocycles. The lowest BCUT2D eigenvalue weighted by atomic mass is 10.1. The van der Waals surface area contributed by atoms with E-state index >= 15 is 0 Å². The lowest BCUT2D eigenvalue weighted by Crippen LogP contribution is -2.48. The van der Waals surface area contributed by atoms with E-state index < -0.39 is 5.54 Å². The van der Waals surface area contributed by atoms with E-state index in [-0.39, 0.29) is 12.6 Å². The Bertz CT molecular complexity index is 394. The van der Waals surface area contributed by atoms with Gasteiger partial charge in [-0.25, -0.2) is 4.79 Å². The first-order valence-electron chi connectivity index (χ1n) is 5.31. The van der Waals surface area contributed by atoms with Crippen molar-refractivity contribution in [1.29, 1.82) is 0 Å². The normalized spacial score (nSPS) is 11.1. The summed E-state index contributed by atoms with van der Waals surface area (Å²) in [5, 5.41) is 14.5. The lowest BCUT2D eigenvalue weighted by molar-refractivity contribution is 0.187. The van der Waals surface area contributed by atoms with Gasteiger partial charge in [-0.1, -0.05) is 12.1 Å². The zero-order valence-corrected chi connectivity index (χ0v) is 11.1. The molecular formula is C12H18N2O2S. The molecule has 94 valence electrons. The Morgan fingerprint density at radius 3 is 2.65 bits per heavy atom. The molecule has 0 radical (unpaired) electrons. The van der Waals surface area contributed by atoms with Crippen LogP contribution in [-0.2, 0) is 0 Å². The second-order valence-electron chi connectivity index (χ2n) is 4.32. The highest BCUT2D eigenvalue weighted by Gasteiger charge is 2.19. The molecule has 1 aromatic rings. The van der Waals surface area contributed by atoms with Gasteiger partial charge < -0.3 is 15.7 Å². The zero-order valence-electron chi connectivity index (χ0n) is 10.3. The second-order valence-corrected chi connectivity index (χ2v) is 5.17. The molecule has 1 rings (SSSR count). The van der Waals surface area contributed by atoms with Crippen molar-refractivity contribution in [2.45, 2.75) is 24.3 Å². The van der Waals surface area contributed by atoms with Crippen LogP contribution in [0.2, 0.25) is 0 Å². The number of benzene rings is 1. The Labute approximate surface area is 106 Å². The fourth-order valence-electron chi connectivity index (χ4n) is 1.25. The van der Waals surface area contributed by atoms with Crippen LogP contribution < -0.4 is 10.6 Å². The number of amides is 2. The Balaban J connectivity index is 2.68. The van der Waals surface area contributed by atoms with Crippen molar-refractivity contribution in [1.82, 2.24) is 5.32 Å². The molecular weight excluding hydrogens is 236 g/mol. The largest absolute Gasteiger partial charge is 0.394 e. The number of carbonyl (C=O) groups excluding carboxylic acids is 1. The first kappa shape index (κ1) is 13.9. The first-order chi connectivity index (χ1) is 7.98. The van der Waals surface area contributed by atoms with Crippen molar-refractivity contribution in [2.75, 3.05) is 18.2 Å². The van der Waals surface area contributed by atoms with E-state index in [2.05, 4.69) is 10.6 Å². The molecule has 0 heterocycles. The van der Waals surface area contributed by atoms with Gasteiger partial charge in [0, 0.05) is 4.90 Å². The minimum atomic E-state index is -0.627. The van der Waals surface area contributed by atoms with Crippen LogP contribution in [0, 0.1) is 0 Å². The van der Waals surface area contributed by atoms with Crippen LogP contribution in [0.15, 0.2) is 29.2 Å². The quantitative estimate of drug-likeness (QED) is 0.722. The van der Waals surface area contributed by atoms with Crippen LogP contribution in [0.5, 0.6) is 0 Å². The standard InChI is InChI=1S/C12H18N2O2S/c1-12(2,8-15)14-11(16)13-9-6-4-5-7-10(9)17-3/h4-7,15H,8H2,1-3H3,(H2,13,14,16). The Morgan fingerprint density at radius 2 is 2.06 bits per heavy atom. The summed E-state index contributed by atoms with van der Waals surface area (Å²) in [5.74, 6) is 0. The number of carbonyl (C=O) groups is 1. The van der Waals surface area contributed by atoms with Crippen molar-refractivity contribution in [3.05, 3.63) is 24.3 Å². The molecule has 0 aliphatic rings. The van der Waals surface area contributed by atoms with E-state index in [4.69, 9.17) is 5.11 Å². The summed E-state index contributed by atoms with van der Waals surface area (Å²) in [4.78, 5) is 12.7. The van der Waals surface area contributed by atoms with Crippen LogP contribution >= 0.6 is 11.8 Å². The van der Waals surface area contributed by atoms with Gasteiger partial charge in [0.15, 0.2) is 0 Å². The zero-order chi connectivity index (χ0) is 12.9. The maximum atomic E-state index is 11.7. The minimum absolute atomic E-state index is 0.107. The maximum Gasteiger partial charge on any atom is 0.319 e. The molecule has 0 fully saturated rings. The topological polar surface area (TPSA) is 61.4 Å². The van der Waals surface area contributed by atoms with Crippen LogP contribution in [0.25, 0.3) is 0 Å². The molecule has 4 nitrogen and oxygen atoms in total. The number of para-hydroxylation sites is 1. The average Bonchev–Trinajstić information content (AvgIpc) is 2.29. The van der Waals surface area contributed by atoms with Crippen LogP contribution in [0.3, 0.4) is 0 Å². The summed E-state index contributed by atoms with van der Waals surface area (Å²) >= 11 is 1.57. The number of hydrogen-bond donors (Lipinski definition) is 3. The van der Waals surface area contributed by atoms with E-state index in [0.717, 1.165) is 10.6 Å². The summed E-state index contributed by atoms with van der Waals surface area (Å²) in [6.45, 7) is 3.41. The van der Waals surface area contributed by atoms with Gasteiger partial charge in [0.1, 0.15) is 0 Å². The molecule has 0 saturated heterocycles. The number of rotatable bonds is 4. The van der Waals surface area contributed by atoms with Crippen molar-refractivity contribution >= 4 is 23.5 Å². The molecule has 0 bridgehead atoms. The lowest BCUT2D eigenvalue weighted by Gasteiger charge is -2.23. The number of aliphatic hydroxyl groups excluding tert-OH is 1. The van der Waals surface area contributed by atoms with E-state index in [1.807, 2.05) is 30.5 Å². The van der Waals surface area contributed by atoms with Gasteiger partial charge >= 0.3 is 6.03 Å². The molecule has 0 aliphatic carbocycles. The molecule has 1 aromatic carbocycles. The number of aliphatic hydroxyl groups is 1. The minimum Gasteiger partial charge on any atom is -0.394 e. The number of hydrogen-bond acceptors (Lipinski definition) is 3. The van der Waals surface area contributed by atoms with E-state index in [1.165, 1.54) is 0 Å². The Kier molecular flexibility index (Phi) is 4.84. The third-order valence-corrected chi connectivity index (χ3v) is 3.00. The Hall–Kier alpha value is -1.20. The fraction of sp³-hybridized carbons (Fsp3) is 0.417. The predicted octanol–water partition coefficient (Wildman–Crippen LogP) is 2.30. The SMILES string of the molecule is CSc1ccccc1NC(=O)NC(C)(C)CO. The van der Waals surface area contributed by atoms with Gasteiger partial charge in [0.2, 0.25) is 0 Å². The van der Waals surface area contributed by atoms with Gasteiger partial charge in [0.05, 0.1) is 17.8 Å². The van der Waals surface area contributed by atoms with E-state index in [0.29, 0.717) is 0 Å². The van der Waals surface area contributed by atoms with Crippen molar-refractivity contribution < 1.29 is 9.90 Å². The van der Waals surface area contributed by atoms with Gasteiger partial charge in [0.25, 0.3) is 0 Å². The second kappa shape index (κ2) is 5.93. The summed E-state index contributed by atoms with van der Waals surface area (Å²) in [6, 6.07) is 7.26. The molecule has 0 unspecified atom stereocenters. The van der Waals surface area contributed by atoms with Crippen LogP contribution in [0.1, 0.15) is 13.8 Å². The van der Waals surface area contributed by atoms with E-state index in [1.54, 1.807) is 25.6 Å². The average molecular weight is 254 g/mol. The van der Waals surface area contributed by atoms with Crippen molar-refractivity contribution in [3.63, 3.8) is 0 Å². The van der Waals surface area contributed by atoms with Gasteiger partial charge in [-0.3, -0.25) is 0 Å². The molecule has 17 heavy (non-hydrogen) atoms. The monoisotopic (exact) mass is 254 g/mol. The summed E-state index contributed by atoms with van der Waals surface area (Å²) in [6.07, 6.45) is 1.95. The number of urea groups is 1. The Morgan fingerprint density at radius 1 is 1.41 bits per heavy atom. The molecule has 0 aliphatic heterocycles. The van der Waals surface area contributed by atoms with E-state index in [9.17, 15) is 4.79 Å². The van der Waals surface area contributed by atoms with Crippen molar-refractivity contribution in [3.8, 4) is 0 Å². The van der Waals surface area contributed by atoms with Gasteiger partial charge in [-0.05, 0) is 32.2 Å². The smallest absolute Gasteiger partial charge is 0.319 e. The first-order valence-corrected chi connectivity index (χ1v) is 6.54. The molecule has 2 amide bonds. The third-order valence-electron chi connectivity index (χ3n) is 2.20. The van der Waals surface area contributed by atoms with Gasteiger partial charge in [-0.15, -0.1) is 11.8 Å². The number of anilines is 1.